The Bertz CT molecular complexity index is 3570. The average molecular weight is 715 g/mol. The van der Waals surface area contributed by atoms with Crippen LogP contribution in [0.5, 0.6) is 0 Å². The van der Waals surface area contributed by atoms with Gasteiger partial charge in [0, 0.05) is 33.0 Å². The molecular weight excluding hydrogens is 669 g/mol. The minimum atomic E-state index is -0.693. The topological polar surface area (TPSA) is 43.6 Å². The molecule has 0 atom stereocenters. The standard InChI is InChI=1S/C51H34N4/c1-5-16-35(17-6-1)39-24-15-25-41(32-39)45-33-42(51-53-49(37-20-9-3-10-21-37)52-50(54-51)38-22-11-4-12-23-38)29-31-47(45)55-46-27-14-13-26-43(46)44-30-28-40(34-48(44)55)36-18-7-2-8-19-36/h1-34H/i2D,7D,8D,13D,14D,18D,19D,26D,27D,28D,30D,34D. The van der Waals surface area contributed by atoms with Gasteiger partial charge in [-0.25, -0.2) is 15.0 Å². The fraction of sp³-hybridized carbons (Fsp3) is 0. The van der Waals surface area contributed by atoms with Gasteiger partial charge >= 0.3 is 0 Å². The van der Waals surface area contributed by atoms with Gasteiger partial charge in [0.25, 0.3) is 0 Å². The van der Waals surface area contributed by atoms with Gasteiger partial charge in [0.05, 0.1) is 33.2 Å². The van der Waals surface area contributed by atoms with E-state index in [1.165, 1.54) is 4.57 Å². The lowest BCUT2D eigenvalue weighted by Gasteiger charge is -2.17. The molecule has 10 rings (SSSR count). The molecule has 0 aliphatic rings. The number of fused-ring (bicyclic) bond motifs is 3. The van der Waals surface area contributed by atoms with Crippen molar-refractivity contribution in [2.75, 3.05) is 0 Å². The van der Waals surface area contributed by atoms with Crippen molar-refractivity contribution in [1.29, 1.82) is 0 Å². The van der Waals surface area contributed by atoms with Crippen molar-refractivity contribution in [3.05, 3.63) is 206 Å². The van der Waals surface area contributed by atoms with E-state index in [1.807, 2.05) is 121 Å². The highest BCUT2D eigenvalue weighted by Crippen LogP contribution is 2.40. The largest absolute Gasteiger partial charge is 0.309 e. The molecule has 0 amide bonds. The molecular formula is C51H34N4. The van der Waals surface area contributed by atoms with E-state index in [0.717, 1.165) is 22.3 Å². The molecule has 2 aromatic heterocycles. The van der Waals surface area contributed by atoms with Gasteiger partial charge in [-0.2, -0.15) is 0 Å². The van der Waals surface area contributed by atoms with Crippen LogP contribution in [0.15, 0.2) is 206 Å². The Morgan fingerprint density at radius 2 is 0.927 bits per heavy atom. The molecule has 0 aliphatic heterocycles. The Kier molecular flexibility index (Phi) is 5.52. The zero-order valence-electron chi connectivity index (χ0n) is 41.0. The van der Waals surface area contributed by atoms with E-state index in [4.69, 9.17) is 24.5 Å². The number of aromatic nitrogens is 4. The van der Waals surface area contributed by atoms with Crippen LogP contribution in [0.2, 0.25) is 0 Å². The lowest BCUT2D eigenvalue weighted by molar-refractivity contribution is 1.07. The maximum Gasteiger partial charge on any atom is 0.164 e. The molecule has 4 nitrogen and oxygen atoms in total. The summed E-state index contributed by atoms with van der Waals surface area (Å²) >= 11 is 0. The molecule has 0 radical (unpaired) electrons. The molecule has 2 heterocycles. The second-order valence-corrected chi connectivity index (χ2v) is 12.7. The zero-order chi connectivity index (χ0) is 47.0. The van der Waals surface area contributed by atoms with E-state index in [9.17, 15) is 6.85 Å². The fourth-order valence-electron chi connectivity index (χ4n) is 6.79. The van der Waals surface area contributed by atoms with Gasteiger partial charge in [-0.05, 0) is 64.2 Å². The highest BCUT2D eigenvalue weighted by atomic mass is 15.0. The van der Waals surface area contributed by atoms with Gasteiger partial charge < -0.3 is 4.57 Å². The van der Waals surface area contributed by atoms with E-state index in [0.29, 0.717) is 39.9 Å². The van der Waals surface area contributed by atoms with Crippen molar-refractivity contribution in [3.8, 4) is 73.2 Å². The van der Waals surface area contributed by atoms with Gasteiger partial charge in [-0.1, -0.05) is 170 Å². The fourth-order valence-corrected chi connectivity index (χ4v) is 6.79. The molecule has 0 unspecified atom stereocenters. The lowest BCUT2D eigenvalue weighted by atomic mass is 9.96. The number of hydrogen-bond acceptors (Lipinski definition) is 3. The van der Waals surface area contributed by atoms with Crippen molar-refractivity contribution in [3.63, 3.8) is 0 Å². The summed E-state index contributed by atoms with van der Waals surface area (Å²) in [6, 6.07) is 34.4. The van der Waals surface area contributed by atoms with Crippen LogP contribution in [-0.4, -0.2) is 19.5 Å². The Morgan fingerprint density at radius 1 is 0.364 bits per heavy atom. The highest BCUT2D eigenvalue weighted by molar-refractivity contribution is 6.10. The third-order valence-corrected chi connectivity index (χ3v) is 9.38. The van der Waals surface area contributed by atoms with Crippen LogP contribution in [-0.2, 0) is 0 Å². The summed E-state index contributed by atoms with van der Waals surface area (Å²) in [5, 5.41) is -0.259. The van der Waals surface area contributed by atoms with Gasteiger partial charge in [-0.3, -0.25) is 0 Å². The van der Waals surface area contributed by atoms with Crippen LogP contribution in [0, 0.1) is 0 Å². The maximum absolute atomic E-state index is 9.88. The normalized spacial score (nSPS) is 14.3. The van der Waals surface area contributed by atoms with Gasteiger partial charge in [0.15, 0.2) is 17.5 Å². The average Bonchev–Trinajstić information content (AvgIpc) is 3.74. The van der Waals surface area contributed by atoms with E-state index in [-0.39, 0.29) is 21.8 Å². The molecule has 0 saturated heterocycles. The second-order valence-electron chi connectivity index (χ2n) is 12.7. The molecule has 0 fully saturated rings. The molecule has 4 heteroatoms. The lowest BCUT2D eigenvalue weighted by Crippen LogP contribution is -2.02. The third kappa shape index (κ3) is 6.06. The van der Waals surface area contributed by atoms with E-state index < -0.39 is 83.6 Å². The molecule has 258 valence electrons. The first-order valence-electron chi connectivity index (χ1n) is 23.6. The van der Waals surface area contributed by atoms with Crippen LogP contribution in [0.4, 0.5) is 0 Å². The Morgan fingerprint density at radius 3 is 1.62 bits per heavy atom. The zero-order valence-corrected chi connectivity index (χ0v) is 29.0. The predicted molar refractivity (Wildman–Crippen MR) is 227 cm³/mol. The Balaban J connectivity index is 1.35. The SMILES string of the molecule is [2H]c1c([2H])c([2H])c(-c2c([2H])c([2H])c3c4c([2H])c([2H])c([2H])c([2H])c4n(-c4ccc(-c5nc(-c6ccccc6)nc(-c6ccccc6)n5)cc4-c4cccc(-c5ccccc5)c4)c3c2[2H])c([2H])c1[2H]. The smallest absolute Gasteiger partial charge is 0.164 e. The van der Waals surface area contributed by atoms with E-state index in [1.54, 1.807) is 12.1 Å². The molecule has 0 bridgehead atoms. The quantitative estimate of drug-likeness (QED) is 0.165. The van der Waals surface area contributed by atoms with Crippen LogP contribution in [0.3, 0.4) is 0 Å². The first kappa shape index (κ1) is 21.9. The highest BCUT2D eigenvalue weighted by Gasteiger charge is 2.19. The van der Waals surface area contributed by atoms with Crippen molar-refractivity contribution in [2.45, 2.75) is 0 Å². The van der Waals surface area contributed by atoms with Gasteiger partial charge in [0.1, 0.15) is 0 Å². The van der Waals surface area contributed by atoms with Crippen molar-refractivity contribution in [1.82, 2.24) is 19.5 Å². The molecule has 0 spiro atoms. The maximum atomic E-state index is 9.88. The second kappa shape index (κ2) is 13.8. The predicted octanol–water partition coefficient (Wildman–Crippen LogP) is 13.0. The molecule has 0 aliphatic carbocycles. The van der Waals surface area contributed by atoms with Crippen LogP contribution < -0.4 is 0 Å². The molecule has 0 saturated carbocycles. The van der Waals surface area contributed by atoms with Crippen LogP contribution in [0.1, 0.15) is 16.4 Å². The summed E-state index contributed by atoms with van der Waals surface area (Å²) in [5.74, 6) is 1.17. The monoisotopic (exact) mass is 714 g/mol. The molecule has 8 aromatic carbocycles. The van der Waals surface area contributed by atoms with Crippen molar-refractivity contribution in [2.24, 2.45) is 0 Å². The molecule has 10 aromatic rings. The van der Waals surface area contributed by atoms with Crippen molar-refractivity contribution >= 4 is 21.8 Å². The summed E-state index contributed by atoms with van der Waals surface area (Å²) < 4.78 is 109. The third-order valence-electron chi connectivity index (χ3n) is 9.38. The summed E-state index contributed by atoms with van der Waals surface area (Å²) in [5.41, 5.74) is 4.18. The first-order valence-corrected chi connectivity index (χ1v) is 17.6. The molecule has 0 N–H and O–H groups in total. The Labute approximate surface area is 336 Å². The van der Waals surface area contributed by atoms with E-state index in [2.05, 4.69) is 0 Å². The minimum absolute atomic E-state index is 0.0910. The number of para-hydroxylation sites is 1. The van der Waals surface area contributed by atoms with Crippen LogP contribution >= 0.6 is 0 Å². The Hall–Kier alpha value is -7.43. The summed E-state index contributed by atoms with van der Waals surface area (Å²) in [7, 11) is 0. The summed E-state index contributed by atoms with van der Waals surface area (Å²) in [6.45, 7) is 0. The summed E-state index contributed by atoms with van der Waals surface area (Å²) in [4.78, 5) is 14.8. The molecule has 55 heavy (non-hydrogen) atoms. The van der Waals surface area contributed by atoms with Gasteiger partial charge in [-0.15, -0.1) is 0 Å². The number of rotatable bonds is 7. The van der Waals surface area contributed by atoms with E-state index >= 15 is 0 Å². The number of nitrogens with zero attached hydrogens (tertiary/aromatic N) is 4. The summed E-state index contributed by atoms with van der Waals surface area (Å²) in [6.07, 6.45) is 0. The van der Waals surface area contributed by atoms with Crippen LogP contribution in [0.25, 0.3) is 95.0 Å². The van der Waals surface area contributed by atoms with Crippen molar-refractivity contribution < 1.29 is 16.4 Å². The number of benzene rings is 8. The number of hydrogen-bond donors (Lipinski definition) is 0. The first-order chi connectivity index (χ1) is 32.3. The van der Waals surface area contributed by atoms with Gasteiger partial charge in [0.2, 0.25) is 0 Å². The minimum Gasteiger partial charge on any atom is -0.309 e.